The Morgan fingerprint density at radius 1 is 1.11 bits per heavy atom. The lowest BCUT2D eigenvalue weighted by molar-refractivity contribution is 0.595. The summed E-state index contributed by atoms with van der Waals surface area (Å²) in [6, 6.07) is 9.66. The van der Waals surface area contributed by atoms with Crippen LogP contribution in [0.1, 0.15) is 5.56 Å². The van der Waals surface area contributed by atoms with Crippen LogP contribution < -0.4 is 5.73 Å². The smallest absolute Gasteiger partial charge is 0.139 e. The maximum Gasteiger partial charge on any atom is 0.139 e. The van der Waals surface area contributed by atoms with Crippen LogP contribution in [0.3, 0.4) is 0 Å². The van der Waals surface area contributed by atoms with Gasteiger partial charge in [-0.25, -0.2) is 8.78 Å². The van der Waals surface area contributed by atoms with Crippen molar-refractivity contribution in [2.75, 3.05) is 5.73 Å². The number of hydrogen-bond donors (Lipinski definition) is 1. The Morgan fingerprint density at radius 2 is 1.83 bits per heavy atom. The van der Waals surface area contributed by atoms with Crippen molar-refractivity contribution in [1.82, 2.24) is 0 Å². The first kappa shape index (κ1) is 12.7. The minimum atomic E-state index is -1.59. The van der Waals surface area contributed by atoms with E-state index >= 15 is 0 Å². The van der Waals surface area contributed by atoms with E-state index in [1.54, 1.807) is 6.07 Å². The van der Waals surface area contributed by atoms with Gasteiger partial charge in [0.25, 0.3) is 0 Å². The molecule has 18 heavy (non-hydrogen) atoms. The van der Waals surface area contributed by atoms with Crippen molar-refractivity contribution < 1.29 is 13.0 Å². The van der Waals surface area contributed by atoms with Crippen LogP contribution in [0.2, 0.25) is 0 Å². The minimum Gasteiger partial charge on any atom is -0.398 e. The summed E-state index contributed by atoms with van der Waals surface area (Å²) < 4.78 is 38.5. The fourth-order valence-electron chi connectivity index (χ4n) is 1.55. The third-order valence-corrected chi connectivity index (χ3v) is 3.87. The van der Waals surface area contributed by atoms with Gasteiger partial charge in [-0.05, 0) is 35.9 Å². The molecule has 0 saturated heterocycles. The van der Waals surface area contributed by atoms with Gasteiger partial charge in [0.2, 0.25) is 0 Å². The van der Waals surface area contributed by atoms with Crippen molar-refractivity contribution in [3.05, 3.63) is 59.7 Å². The summed E-state index contributed by atoms with van der Waals surface area (Å²) in [5.74, 6) is -1.000. The molecule has 0 amide bonds. The topological polar surface area (TPSA) is 43.1 Å². The second kappa shape index (κ2) is 5.27. The molecular weight excluding hydrogens is 256 g/mol. The summed E-state index contributed by atoms with van der Waals surface area (Å²) in [6.07, 6.45) is 0. The van der Waals surface area contributed by atoms with Crippen LogP contribution in [0, 0.1) is 11.6 Å². The van der Waals surface area contributed by atoms with Crippen molar-refractivity contribution in [1.29, 1.82) is 0 Å². The highest BCUT2D eigenvalue weighted by molar-refractivity contribution is 7.84. The standard InChI is InChI=1S/C13H11F2NOS/c14-10-5-6-12(16)9(7-10)8-18(17)13-4-2-1-3-11(13)15/h1-7H,8,16H2. The fourth-order valence-corrected chi connectivity index (χ4v) is 2.75. The number of nitrogens with two attached hydrogens (primary N) is 1. The molecule has 0 heterocycles. The molecule has 1 unspecified atom stereocenters. The van der Waals surface area contributed by atoms with Gasteiger partial charge in [-0.3, -0.25) is 4.21 Å². The van der Waals surface area contributed by atoms with Gasteiger partial charge in [0.15, 0.2) is 0 Å². The van der Waals surface area contributed by atoms with Crippen LogP contribution in [0.25, 0.3) is 0 Å². The van der Waals surface area contributed by atoms with Crippen LogP contribution in [0.5, 0.6) is 0 Å². The molecule has 5 heteroatoms. The number of benzene rings is 2. The molecule has 94 valence electrons. The van der Waals surface area contributed by atoms with Gasteiger partial charge in [-0.1, -0.05) is 12.1 Å². The zero-order chi connectivity index (χ0) is 13.1. The Labute approximate surface area is 106 Å². The predicted octanol–water partition coefficient (Wildman–Crippen LogP) is 2.85. The first-order chi connectivity index (χ1) is 8.58. The average Bonchev–Trinajstić information content (AvgIpc) is 2.34. The Balaban J connectivity index is 2.27. The molecule has 1 atom stereocenters. The van der Waals surface area contributed by atoms with E-state index in [0.717, 1.165) is 0 Å². The van der Waals surface area contributed by atoms with E-state index in [-0.39, 0.29) is 10.6 Å². The Bertz CT molecular complexity index is 601. The van der Waals surface area contributed by atoms with Gasteiger partial charge in [-0.2, -0.15) is 0 Å². The molecular formula is C13H11F2NOS. The van der Waals surface area contributed by atoms with Gasteiger partial charge >= 0.3 is 0 Å². The lowest BCUT2D eigenvalue weighted by Gasteiger charge is -2.06. The number of anilines is 1. The van der Waals surface area contributed by atoms with E-state index in [0.29, 0.717) is 11.3 Å². The van der Waals surface area contributed by atoms with Gasteiger partial charge in [0, 0.05) is 5.69 Å². The molecule has 0 aliphatic carbocycles. The summed E-state index contributed by atoms with van der Waals surface area (Å²) in [5, 5.41) is 0. The highest BCUT2D eigenvalue weighted by Crippen LogP contribution is 2.20. The van der Waals surface area contributed by atoms with Crippen molar-refractivity contribution in [2.24, 2.45) is 0 Å². The first-order valence-corrected chi connectivity index (χ1v) is 6.56. The third kappa shape index (κ3) is 2.73. The van der Waals surface area contributed by atoms with E-state index in [4.69, 9.17) is 5.73 Å². The van der Waals surface area contributed by atoms with Crippen LogP contribution >= 0.6 is 0 Å². The van der Waals surface area contributed by atoms with E-state index in [1.807, 2.05) is 0 Å². The molecule has 0 bridgehead atoms. The van der Waals surface area contributed by atoms with E-state index in [9.17, 15) is 13.0 Å². The Hall–Kier alpha value is -1.75. The second-order valence-electron chi connectivity index (χ2n) is 3.76. The van der Waals surface area contributed by atoms with Gasteiger partial charge in [-0.15, -0.1) is 0 Å². The number of halogens is 2. The first-order valence-electron chi connectivity index (χ1n) is 5.25. The van der Waals surface area contributed by atoms with Crippen molar-refractivity contribution in [3.8, 4) is 0 Å². The van der Waals surface area contributed by atoms with Gasteiger partial charge < -0.3 is 5.73 Å². The summed E-state index contributed by atoms with van der Waals surface area (Å²) >= 11 is 0. The molecule has 0 radical (unpaired) electrons. The number of rotatable bonds is 3. The zero-order valence-electron chi connectivity index (χ0n) is 9.40. The molecule has 0 fully saturated rings. The number of hydrogen-bond acceptors (Lipinski definition) is 2. The average molecular weight is 267 g/mol. The highest BCUT2D eigenvalue weighted by atomic mass is 32.2. The van der Waals surface area contributed by atoms with Crippen LogP contribution in [0.15, 0.2) is 47.4 Å². The van der Waals surface area contributed by atoms with E-state index < -0.39 is 22.4 Å². The van der Waals surface area contributed by atoms with Crippen LogP contribution in [-0.2, 0) is 16.6 Å². The normalized spacial score (nSPS) is 12.3. The van der Waals surface area contributed by atoms with Crippen molar-refractivity contribution >= 4 is 16.5 Å². The van der Waals surface area contributed by atoms with E-state index in [1.165, 1.54) is 36.4 Å². The Morgan fingerprint density at radius 3 is 2.56 bits per heavy atom. The molecule has 2 aromatic carbocycles. The van der Waals surface area contributed by atoms with E-state index in [2.05, 4.69) is 0 Å². The SMILES string of the molecule is Nc1ccc(F)cc1CS(=O)c1ccccc1F. The molecule has 2 rings (SSSR count). The second-order valence-corrected chi connectivity index (χ2v) is 5.18. The van der Waals surface area contributed by atoms with Crippen molar-refractivity contribution in [3.63, 3.8) is 0 Å². The zero-order valence-corrected chi connectivity index (χ0v) is 10.2. The highest BCUT2D eigenvalue weighted by Gasteiger charge is 2.12. The molecule has 0 aliphatic rings. The molecule has 0 saturated carbocycles. The summed E-state index contributed by atoms with van der Waals surface area (Å²) in [6.45, 7) is 0. The predicted molar refractivity (Wildman–Crippen MR) is 67.3 cm³/mol. The summed E-state index contributed by atoms with van der Waals surface area (Å²) in [7, 11) is -1.59. The molecule has 0 aromatic heterocycles. The van der Waals surface area contributed by atoms with Crippen molar-refractivity contribution in [2.45, 2.75) is 10.6 Å². The Kier molecular flexibility index (Phi) is 3.72. The van der Waals surface area contributed by atoms with Gasteiger partial charge in [0.05, 0.1) is 21.4 Å². The molecule has 0 spiro atoms. The summed E-state index contributed by atoms with van der Waals surface area (Å²) in [4.78, 5) is 0.0983. The fraction of sp³-hybridized carbons (Fsp3) is 0.0769. The molecule has 2 N–H and O–H groups in total. The summed E-state index contributed by atoms with van der Waals surface area (Å²) in [5.41, 5.74) is 6.42. The van der Waals surface area contributed by atoms with Crippen LogP contribution in [-0.4, -0.2) is 4.21 Å². The maximum absolute atomic E-state index is 13.4. The molecule has 0 aliphatic heterocycles. The largest absolute Gasteiger partial charge is 0.398 e. The number of nitrogen functional groups attached to an aromatic ring is 1. The van der Waals surface area contributed by atoms with Crippen LogP contribution in [0.4, 0.5) is 14.5 Å². The van der Waals surface area contributed by atoms with Gasteiger partial charge in [0.1, 0.15) is 11.6 Å². The monoisotopic (exact) mass is 267 g/mol. The third-order valence-electron chi connectivity index (χ3n) is 2.47. The molecule has 2 aromatic rings. The lowest BCUT2D eigenvalue weighted by Crippen LogP contribution is -2.02. The molecule has 2 nitrogen and oxygen atoms in total. The maximum atomic E-state index is 13.4. The minimum absolute atomic E-state index is 0.00940. The lowest BCUT2D eigenvalue weighted by atomic mass is 10.2. The quantitative estimate of drug-likeness (QED) is 0.869.